The van der Waals surface area contributed by atoms with Gasteiger partial charge in [-0.3, -0.25) is 0 Å². The number of thiazole rings is 1. The maximum atomic E-state index is 4.89. The van der Waals surface area contributed by atoms with Crippen molar-refractivity contribution in [3.63, 3.8) is 0 Å². The molecule has 1 aliphatic rings. The molecular formula is C16H28N2S3. The summed E-state index contributed by atoms with van der Waals surface area (Å²) < 4.78 is 0. The van der Waals surface area contributed by atoms with E-state index in [1.165, 1.54) is 34.4 Å². The first-order chi connectivity index (χ1) is 10.0. The van der Waals surface area contributed by atoms with Crippen molar-refractivity contribution in [2.75, 3.05) is 23.8 Å². The third-order valence-electron chi connectivity index (χ3n) is 3.66. The molecule has 0 radical (unpaired) electrons. The van der Waals surface area contributed by atoms with Crippen LogP contribution in [-0.4, -0.2) is 40.1 Å². The predicted octanol–water partition coefficient (Wildman–Crippen LogP) is 4.20. The molecule has 21 heavy (non-hydrogen) atoms. The molecule has 1 N–H and O–H groups in total. The number of rotatable bonds is 6. The predicted molar refractivity (Wildman–Crippen MR) is 100 cm³/mol. The molecule has 0 saturated carbocycles. The Morgan fingerprint density at radius 1 is 1.38 bits per heavy atom. The van der Waals surface area contributed by atoms with E-state index in [0.717, 1.165) is 18.2 Å². The first-order valence-electron chi connectivity index (χ1n) is 7.88. The van der Waals surface area contributed by atoms with E-state index in [9.17, 15) is 0 Å². The number of nitrogens with zero attached hydrogens (tertiary/aromatic N) is 1. The first-order valence-corrected chi connectivity index (χ1v) is 11.0. The highest BCUT2D eigenvalue weighted by Crippen LogP contribution is 2.29. The molecule has 1 aromatic rings. The van der Waals surface area contributed by atoms with Crippen molar-refractivity contribution in [3.05, 3.63) is 16.1 Å². The summed E-state index contributed by atoms with van der Waals surface area (Å²) in [5.41, 5.74) is 1.40. The van der Waals surface area contributed by atoms with Crippen LogP contribution in [0.5, 0.6) is 0 Å². The maximum Gasteiger partial charge on any atom is 0.0944 e. The smallest absolute Gasteiger partial charge is 0.0944 e. The number of thioether (sulfide) groups is 2. The van der Waals surface area contributed by atoms with Gasteiger partial charge in [0, 0.05) is 45.8 Å². The molecule has 2 heterocycles. The molecule has 2 atom stereocenters. The van der Waals surface area contributed by atoms with Gasteiger partial charge in [0.1, 0.15) is 0 Å². The summed E-state index contributed by atoms with van der Waals surface area (Å²) in [7, 11) is 0. The fourth-order valence-corrected chi connectivity index (χ4v) is 6.31. The second-order valence-electron chi connectivity index (χ2n) is 6.63. The second kappa shape index (κ2) is 8.23. The van der Waals surface area contributed by atoms with Crippen LogP contribution in [0.2, 0.25) is 0 Å². The molecule has 1 fully saturated rings. The van der Waals surface area contributed by atoms with Crippen LogP contribution in [-0.2, 0) is 11.8 Å². The van der Waals surface area contributed by atoms with Crippen LogP contribution < -0.4 is 5.32 Å². The summed E-state index contributed by atoms with van der Waals surface area (Å²) in [5, 5.41) is 8.04. The largest absolute Gasteiger partial charge is 0.312 e. The van der Waals surface area contributed by atoms with E-state index in [1.807, 2.05) is 11.3 Å². The van der Waals surface area contributed by atoms with Crippen molar-refractivity contribution >= 4 is 34.9 Å². The molecule has 0 spiro atoms. The topological polar surface area (TPSA) is 24.9 Å². The number of hydrogen-bond donors (Lipinski definition) is 1. The Hall–Kier alpha value is 0.290. The summed E-state index contributed by atoms with van der Waals surface area (Å²) in [6, 6.07) is 0.571. The normalized spacial score (nSPS) is 21.4. The van der Waals surface area contributed by atoms with Crippen molar-refractivity contribution in [2.45, 2.75) is 57.2 Å². The number of hydrogen-bond acceptors (Lipinski definition) is 5. The molecule has 120 valence electrons. The third-order valence-corrected chi connectivity index (χ3v) is 7.45. The Morgan fingerprint density at radius 3 is 2.76 bits per heavy atom. The van der Waals surface area contributed by atoms with Crippen LogP contribution in [0.15, 0.2) is 5.38 Å². The van der Waals surface area contributed by atoms with E-state index in [2.05, 4.69) is 61.9 Å². The van der Waals surface area contributed by atoms with Gasteiger partial charge in [0.15, 0.2) is 0 Å². The Bertz CT molecular complexity index is 419. The average molecular weight is 345 g/mol. The van der Waals surface area contributed by atoms with E-state index >= 15 is 0 Å². The van der Waals surface area contributed by atoms with Crippen molar-refractivity contribution in [3.8, 4) is 0 Å². The summed E-state index contributed by atoms with van der Waals surface area (Å²) in [4.78, 5) is 4.89. The standard InChI is InChI=1S/C16H28N2S3/c1-5-6-17-12(13-10-19-7-8-20-13)9-15-18-14(11-21-15)16(2,3)4/h11-13,17H,5-10H2,1-4H3. The Kier molecular flexibility index (Phi) is 6.91. The van der Waals surface area contributed by atoms with Crippen LogP contribution in [0, 0.1) is 0 Å². The van der Waals surface area contributed by atoms with Gasteiger partial charge in [-0.1, -0.05) is 27.7 Å². The molecule has 0 amide bonds. The van der Waals surface area contributed by atoms with E-state index in [0.29, 0.717) is 6.04 Å². The van der Waals surface area contributed by atoms with Gasteiger partial charge in [-0.05, 0) is 13.0 Å². The molecule has 2 rings (SSSR count). The minimum absolute atomic E-state index is 0.163. The zero-order valence-corrected chi connectivity index (χ0v) is 16.1. The van der Waals surface area contributed by atoms with E-state index in [4.69, 9.17) is 4.98 Å². The van der Waals surface area contributed by atoms with Gasteiger partial charge in [0.25, 0.3) is 0 Å². The zero-order chi connectivity index (χ0) is 15.3. The van der Waals surface area contributed by atoms with Crippen LogP contribution in [0.4, 0.5) is 0 Å². The first kappa shape index (κ1) is 17.6. The fourth-order valence-electron chi connectivity index (χ4n) is 2.34. The van der Waals surface area contributed by atoms with Gasteiger partial charge in [-0.25, -0.2) is 4.98 Å². The summed E-state index contributed by atoms with van der Waals surface area (Å²) >= 11 is 6.09. The fraction of sp³-hybridized carbons (Fsp3) is 0.812. The average Bonchev–Trinajstić information content (AvgIpc) is 2.93. The molecule has 0 aromatic carbocycles. The van der Waals surface area contributed by atoms with Crippen LogP contribution in [0.3, 0.4) is 0 Å². The maximum absolute atomic E-state index is 4.89. The highest BCUT2D eigenvalue weighted by Gasteiger charge is 2.26. The molecular weight excluding hydrogens is 316 g/mol. The minimum Gasteiger partial charge on any atom is -0.312 e. The van der Waals surface area contributed by atoms with Crippen molar-refractivity contribution < 1.29 is 0 Å². The number of nitrogens with one attached hydrogen (secondary N) is 1. The van der Waals surface area contributed by atoms with Crippen molar-refractivity contribution in [1.82, 2.24) is 10.3 Å². The highest BCUT2D eigenvalue weighted by atomic mass is 32.2. The van der Waals surface area contributed by atoms with Gasteiger partial charge < -0.3 is 5.32 Å². The van der Waals surface area contributed by atoms with Crippen LogP contribution >= 0.6 is 34.9 Å². The van der Waals surface area contributed by atoms with Gasteiger partial charge in [0.2, 0.25) is 0 Å². The Morgan fingerprint density at radius 2 is 2.19 bits per heavy atom. The third kappa shape index (κ3) is 5.45. The molecule has 1 aliphatic heterocycles. The SMILES string of the molecule is CCCNC(Cc1nc(C(C)(C)C)cs1)C1CSCCS1. The lowest BCUT2D eigenvalue weighted by Gasteiger charge is -2.30. The molecule has 1 aromatic heterocycles. The van der Waals surface area contributed by atoms with Gasteiger partial charge >= 0.3 is 0 Å². The monoisotopic (exact) mass is 344 g/mol. The Balaban J connectivity index is 2.01. The second-order valence-corrected chi connectivity index (χ2v) is 10.1. The van der Waals surface area contributed by atoms with E-state index < -0.39 is 0 Å². The number of aromatic nitrogens is 1. The summed E-state index contributed by atoms with van der Waals surface area (Å²) in [6.45, 7) is 10.1. The molecule has 0 aliphatic carbocycles. The van der Waals surface area contributed by atoms with Gasteiger partial charge in [0.05, 0.1) is 10.7 Å². The Labute approximate surface area is 142 Å². The molecule has 2 nitrogen and oxygen atoms in total. The highest BCUT2D eigenvalue weighted by molar-refractivity contribution is 8.06. The molecule has 5 heteroatoms. The molecule has 2 unspecified atom stereocenters. The minimum atomic E-state index is 0.163. The van der Waals surface area contributed by atoms with Crippen molar-refractivity contribution in [1.29, 1.82) is 0 Å². The lowest BCUT2D eigenvalue weighted by molar-refractivity contribution is 0.502. The lowest BCUT2D eigenvalue weighted by Crippen LogP contribution is -2.43. The van der Waals surface area contributed by atoms with E-state index in [-0.39, 0.29) is 5.41 Å². The molecule has 1 saturated heterocycles. The van der Waals surface area contributed by atoms with Gasteiger partial charge in [-0.15, -0.1) is 11.3 Å². The summed E-state index contributed by atoms with van der Waals surface area (Å²) in [5.74, 6) is 3.89. The zero-order valence-electron chi connectivity index (χ0n) is 13.6. The van der Waals surface area contributed by atoms with Gasteiger partial charge in [-0.2, -0.15) is 23.5 Å². The summed E-state index contributed by atoms with van der Waals surface area (Å²) in [6.07, 6.45) is 2.28. The van der Waals surface area contributed by atoms with Crippen molar-refractivity contribution in [2.24, 2.45) is 0 Å². The van der Waals surface area contributed by atoms with Crippen LogP contribution in [0.1, 0.15) is 44.8 Å². The lowest BCUT2D eigenvalue weighted by atomic mass is 9.93. The van der Waals surface area contributed by atoms with E-state index in [1.54, 1.807) is 0 Å². The van der Waals surface area contributed by atoms with Crippen LogP contribution in [0.25, 0.3) is 0 Å². The molecule has 0 bridgehead atoms. The quantitative estimate of drug-likeness (QED) is 0.836.